The fourth-order valence-electron chi connectivity index (χ4n) is 2.63. The molecule has 1 aromatic rings. The SMILES string of the molecule is COC1CN(c2cccc(Cl)c2CCN)CC1OC. The van der Waals surface area contributed by atoms with Gasteiger partial charge in [-0.3, -0.25) is 0 Å². The fraction of sp³-hybridized carbons (Fsp3) is 0.571. The molecule has 5 heteroatoms. The van der Waals surface area contributed by atoms with Gasteiger partial charge in [0.1, 0.15) is 12.2 Å². The zero-order chi connectivity index (χ0) is 13.8. The average molecular weight is 285 g/mol. The van der Waals surface area contributed by atoms with E-state index in [1.165, 1.54) is 0 Å². The maximum absolute atomic E-state index is 6.28. The molecule has 19 heavy (non-hydrogen) atoms. The molecule has 2 unspecified atom stereocenters. The van der Waals surface area contributed by atoms with Crippen molar-refractivity contribution in [2.45, 2.75) is 18.6 Å². The minimum Gasteiger partial charge on any atom is -0.377 e. The Labute approximate surface area is 119 Å². The van der Waals surface area contributed by atoms with Crippen molar-refractivity contribution in [1.29, 1.82) is 0 Å². The first kappa shape index (κ1) is 14.6. The van der Waals surface area contributed by atoms with Crippen LogP contribution in [0.1, 0.15) is 5.56 Å². The predicted molar refractivity (Wildman–Crippen MR) is 78.0 cm³/mol. The molecule has 0 spiro atoms. The number of nitrogens with two attached hydrogens (primary N) is 1. The summed E-state index contributed by atoms with van der Waals surface area (Å²) in [6.45, 7) is 2.21. The van der Waals surface area contributed by atoms with Gasteiger partial charge in [0.2, 0.25) is 0 Å². The van der Waals surface area contributed by atoms with Gasteiger partial charge in [-0.15, -0.1) is 0 Å². The van der Waals surface area contributed by atoms with Crippen molar-refractivity contribution < 1.29 is 9.47 Å². The molecule has 1 saturated heterocycles. The van der Waals surface area contributed by atoms with Gasteiger partial charge in [0.25, 0.3) is 0 Å². The molecule has 0 radical (unpaired) electrons. The van der Waals surface area contributed by atoms with Crippen LogP contribution in [0, 0.1) is 0 Å². The van der Waals surface area contributed by atoms with Crippen LogP contribution >= 0.6 is 11.6 Å². The van der Waals surface area contributed by atoms with E-state index in [0.717, 1.165) is 35.8 Å². The van der Waals surface area contributed by atoms with Crippen LogP contribution in [0.3, 0.4) is 0 Å². The number of benzene rings is 1. The highest BCUT2D eigenvalue weighted by atomic mass is 35.5. The molecule has 1 heterocycles. The molecule has 4 nitrogen and oxygen atoms in total. The van der Waals surface area contributed by atoms with Crippen molar-refractivity contribution in [2.24, 2.45) is 5.73 Å². The van der Waals surface area contributed by atoms with Gasteiger partial charge in [0, 0.05) is 38.0 Å². The molecule has 1 aliphatic rings. The van der Waals surface area contributed by atoms with Gasteiger partial charge in [-0.2, -0.15) is 0 Å². The molecule has 2 atom stereocenters. The molecule has 106 valence electrons. The van der Waals surface area contributed by atoms with E-state index >= 15 is 0 Å². The molecule has 1 fully saturated rings. The van der Waals surface area contributed by atoms with E-state index in [9.17, 15) is 0 Å². The molecule has 0 bridgehead atoms. The van der Waals surface area contributed by atoms with Gasteiger partial charge < -0.3 is 20.1 Å². The third-order valence-electron chi connectivity index (χ3n) is 3.65. The topological polar surface area (TPSA) is 47.7 Å². The number of nitrogens with zero attached hydrogens (tertiary/aromatic N) is 1. The van der Waals surface area contributed by atoms with E-state index in [-0.39, 0.29) is 12.2 Å². The Bertz CT molecular complexity index is 416. The number of ether oxygens (including phenoxy) is 2. The molecule has 2 N–H and O–H groups in total. The fourth-order valence-corrected chi connectivity index (χ4v) is 2.89. The van der Waals surface area contributed by atoms with Crippen LogP contribution in [-0.4, -0.2) is 46.1 Å². The van der Waals surface area contributed by atoms with Gasteiger partial charge >= 0.3 is 0 Å². The van der Waals surface area contributed by atoms with Gasteiger partial charge in [-0.05, 0) is 30.7 Å². The number of hydrogen-bond donors (Lipinski definition) is 1. The molecular weight excluding hydrogens is 264 g/mol. The van der Waals surface area contributed by atoms with Crippen molar-refractivity contribution >= 4 is 17.3 Å². The number of anilines is 1. The first-order valence-corrected chi connectivity index (χ1v) is 6.87. The van der Waals surface area contributed by atoms with Crippen molar-refractivity contribution in [3.05, 3.63) is 28.8 Å². The van der Waals surface area contributed by atoms with Crippen LogP contribution in [0.5, 0.6) is 0 Å². The maximum Gasteiger partial charge on any atom is 0.102 e. The van der Waals surface area contributed by atoms with Gasteiger partial charge in [0.05, 0.1) is 0 Å². The second kappa shape index (κ2) is 6.57. The number of halogens is 1. The monoisotopic (exact) mass is 284 g/mol. The van der Waals surface area contributed by atoms with E-state index in [2.05, 4.69) is 11.0 Å². The summed E-state index contributed by atoms with van der Waals surface area (Å²) in [5.74, 6) is 0. The highest BCUT2D eigenvalue weighted by Crippen LogP contribution is 2.31. The van der Waals surface area contributed by atoms with Crippen LogP contribution in [0.4, 0.5) is 5.69 Å². The normalized spacial score (nSPS) is 23.1. The lowest BCUT2D eigenvalue weighted by Crippen LogP contribution is -2.27. The Morgan fingerprint density at radius 3 is 2.42 bits per heavy atom. The summed E-state index contributed by atoms with van der Waals surface area (Å²) < 4.78 is 10.9. The first-order chi connectivity index (χ1) is 9.21. The van der Waals surface area contributed by atoms with Crippen LogP contribution in [0.2, 0.25) is 5.02 Å². The number of rotatable bonds is 5. The lowest BCUT2D eigenvalue weighted by atomic mass is 10.1. The third-order valence-corrected chi connectivity index (χ3v) is 4.00. The Hall–Kier alpha value is -0.810. The van der Waals surface area contributed by atoms with Crippen molar-refractivity contribution in [1.82, 2.24) is 0 Å². The Morgan fingerprint density at radius 2 is 1.89 bits per heavy atom. The largest absolute Gasteiger partial charge is 0.377 e. The van der Waals surface area contributed by atoms with Crippen molar-refractivity contribution in [3.63, 3.8) is 0 Å². The molecule has 0 saturated carbocycles. The summed E-state index contributed by atoms with van der Waals surface area (Å²) in [5, 5.41) is 0.776. The van der Waals surface area contributed by atoms with Gasteiger partial charge in [-0.1, -0.05) is 17.7 Å². The summed E-state index contributed by atoms with van der Waals surface area (Å²) in [7, 11) is 3.44. The predicted octanol–water partition coefficient (Wildman–Crippen LogP) is 1.69. The van der Waals surface area contributed by atoms with Crippen molar-refractivity contribution in [3.8, 4) is 0 Å². The maximum atomic E-state index is 6.28. The Kier molecular flexibility index (Phi) is 5.05. The lowest BCUT2D eigenvalue weighted by molar-refractivity contribution is -0.00461. The highest BCUT2D eigenvalue weighted by Gasteiger charge is 2.33. The quantitative estimate of drug-likeness (QED) is 0.894. The summed E-state index contributed by atoms with van der Waals surface area (Å²) in [6, 6.07) is 5.97. The zero-order valence-electron chi connectivity index (χ0n) is 11.4. The van der Waals surface area contributed by atoms with E-state index in [1.807, 2.05) is 12.1 Å². The number of methoxy groups -OCH3 is 2. The van der Waals surface area contributed by atoms with Crippen LogP contribution < -0.4 is 10.6 Å². The second-order valence-electron chi connectivity index (χ2n) is 4.73. The summed E-state index contributed by atoms with van der Waals surface area (Å²) in [4.78, 5) is 2.26. The smallest absolute Gasteiger partial charge is 0.102 e. The van der Waals surface area contributed by atoms with Gasteiger partial charge in [-0.25, -0.2) is 0 Å². The summed E-state index contributed by atoms with van der Waals surface area (Å²) in [5.41, 5.74) is 7.93. The lowest BCUT2D eigenvalue weighted by Gasteiger charge is -2.22. The molecular formula is C14H21ClN2O2. The summed E-state index contributed by atoms with van der Waals surface area (Å²) >= 11 is 6.28. The van der Waals surface area contributed by atoms with E-state index in [0.29, 0.717) is 6.54 Å². The summed E-state index contributed by atoms with van der Waals surface area (Å²) in [6.07, 6.45) is 0.963. The molecule has 0 aliphatic carbocycles. The third kappa shape index (κ3) is 3.03. The van der Waals surface area contributed by atoms with Crippen LogP contribution in [0.15, 0.2) is 18.2 Å². The standard InChI is InChI=1S/C14H21ClN2O2/c1-18-13-8-17(9-14(13)19-2)12-5-3-4-11(15)10(12)6-7-16/h3-5,13-14H,6-9,16H2,1-2H3. The van der Waals surface area contributed by atoms with Crippen molar-refractivity contribution in [2.75, 3.05) is 38.8 Å². The van der Waals surface area contributed by atoms with E-state index < -0.39 is 0 Å². The molecule has 0 amide bonds. The van der Waals surface area contributed by atoms with Crippen LogP contribution in [0.25, 0.3) is 0 Å². The molecule has 2 rings (SSSR count). The minimum absolute atomic E-state index is 0.0923. The number of hydrogen-bond acceptors (Lipinski definition) is 4. The Balaban J connectivity index is 2.25. The molecule has 1 aromatic carbocycles. The second-order valence-corrected chi connectivity index (χ2v) is 5.14. The van der Waals surface area contributed by atoms with Crippen LogP contribution in [-0.2, 0) is 15.9 Å². The van der Waals surface area contributed by atoms with Gasteiger partial charge in [0.15, 0.2) is 0 Å². The first-order valence-electron chi connectivity index (χ1n) is 6.49. The average Bonchev–Trinajstić information content (AvgIpc) is 2.84. The molecule has 1 aliphatic heterocycles. The van der Waals surface area contributed by atoms with E-state index in [4.69, 9.17) is 26.8 Å². The molecule has 0 aromatic heterocycles. The highest BCUT2D eigenvalue weighted by molar-refractivity contribution is 6.31. The Morgan fingerprint density at radius 1 is 1.26 bits per heavy atom. The van der Waals surface area contributed by atoms with E-state index in [1.54, 1.807) is 14.2 Å². The zero-order valence-corrected chi connectivity index (χ0v) is 12.2. The minimum atomic E-state index is 0.0923.